The molecule has 2 aromatic carbocycles. The van der Waals surface area contributed by atoms with Gasteiger partial charge in [0.2, 0.25) is 0 Å². The lowest BCUT2D eigenvalue weighted by atomic mass is 9.83. The van der Waals surface area contributed by atoms with Crippen LogP contribution in [0, 0.1) is 6.58 Å². The average Bonchev–Trinajstić information content (AvgIpc) is 2.59. The number of benzene rings is 2. The highest BCUT2D eigenvalue weighted by atomic mass is 16.3. The molecule has 0 bridgehead atoms. The molecule has 0 saturated carbocycles. The third-order valence-corrected chi connectivity index (χ3v) is 4.93. The molecule has 0 amide bonds. The van der Waals surface area contributed by atoms with Crippen molar-refractivity contribution in [3.63, 3.8) is 0 Å². The number of hydrogen-bond acceptors (Lipinski definition) is 1. The number of phenolic OH excluding ortho intramolecular Hbond substituents is 1. The van der Waals surface area contributed by atoms with E-state index in [2.05, 4.69) is 45.9 Å². The van der Waals surface area contributed by atoms with Crippen LogP contribution in [0.1, 0.15) is 82.1 Å². The van der Waals surface area contributed by atoms with Crippen LogP contribution in [0.5, 0.6) is 5.75 Å². The van der Waals surface area contributed by atoms with Gasteiger partial charge in [0.1, 0.15) is 5.75 Å². The summed E-state index contributed by atoms with van der Waals surface area (Å²) in [5, 5.41) is 13.2. The molecule has 2 radical (unpaired) electrons. The molecule has 1 N–H and O–H groups in total. The SMILES string of the molecule is [C]=C(CCC)c1c(CCC)c(CCC)c(O)c2c(CCC)cccc12. The summed E-state index contributed by atoms with van der Waals surface area (Å²) in [7, 11) is 0. The second-order valence-corrected chi connectivity index (χ2v) is 7.00. The van der Waals surface area contributed by atoms with Crippen molar-refractivity contribution in [2.24, 2.45) is 0 Å². The number of aromatic hydroxyl groups is 1. The van der Waals surface area contributed by atoms with Gasteiger partial charge in [-0.25, -0.2) is 0 Å². The van der Waals surface area contributed by atoms with Crippen LogP contribution in [0.4, 0.5) is 0 Å². The second kappa shape index (κ2) is 9.08. The lowest BCUT2D eigenvalue weighted by Crippen LogP contribution is -2.04. The molecule has 0 spiro atoms. The van der Waals surface area contributed by atoms with Crippen molar-refractivity contribution < 1.29 is 5.11 Å². The summed E-state index contributed by atoms with van der Waals surface area (Å²) in [5.41, 5.74) is 5.32. The Labute approximate surface area is 153 Å². The highest BCUT2D eigenvalue weighted by Crippen LogP contribution is 2.42. The number of hydrogen-bond donors (Lipinski definition) is 1. The minimum absolute atomic E-state index is 0.470. The molecule has 134 valence electrons. The maximum Gasteiger partial charge on any atom is 0.127 e. The Kier molecular flexibility index (Phi) is 7.11. The van der Waals surface area contributed by atoms with Crippen LogP contribution < -0.4 is 0 Å². The zero-order chi connectivity index (χ0) is 18.4. The molecule has 0 unspecified atom stereocenters. The van der Waals surface area contributed by atoms with Gasteiger partial charge in [0, 0.05) is 5.39 Å². The summed E-state index contributed by atoms with van der Waals surface area (Å²) >= 11 is 0. The molecule has 0 fully saturated rings. The Hall–Kier alpha value is -1.76. The van der Waals surface area contributed by atoms with Gasteiger partial charge in [-0.3, -0.25) is 0 Å². The standard InChI is InChI=1S/C24H32O/c1-6-11-17(5)22-19(13-8-3)20(14-9-4)24(25)23-18(12-7-2)15-10-16-21(22)23/h10,15-16,25H,6-9,11-14H2,1-4H3. The number of allylic oxidation sites excluding steroid dienone is 1. The van der Waals surface area contributed by atoms with E-state index >= 15 is 0 Å². The predicted octanol–water partition coefficient (Wildman–Crippen LogP) is 6.90. The topological polar surface area (TPSA) is 20.2 Å². The van der Waals surface area contributed by atoms with Crippen LogP contribution in [0.2, 0.25) is 0 Å². The smallest absolute Gasteiger partial charge is 0.127 e. The van der Waals surface area contributed by atoms with Crippen LogP contribution >= 0.6 is 0 Å². The third-order valence-electron chi connectivity index (χ3n) is 4.93. The van der Waals surface area contributed by atoms with E-state index in [4.69, 9.17) is 6.58 Å². The van der Waals surface area contributed by atoms with Crippen molar-refractivity contribution in [2.75, 3.05) is 0 Å². The van der Waals surface area contributed by atoms with Gasteiger partial charge in [-0.2, -0.15) is 0 Å². The van der Waals surface area contributed by atoms with Crippen molar-refractivity contribution >= 4 is 16.3 Å². The maximum atomic E-state index is 11.2. The normalized spacial score (nSPS) is 11.2. The molecule has 1 nitrogen and oxygen atoms in total. The zero-order valence-electron chi connectivity index (χ0n) is 16.3. The first-order valence-corrected chi connectivity index (χ1v) is 9.96. The first-order chi connectivity index (χ1) is 12.1. The summed E-state index contributed by atoms with van der Waals surface area (Å²) in [4.78, 5) is 0. The van der Waals surface area contributed by atoms with Crippen LogP contribution in [-0.2, 0) is 19.3 Å². The number of rotatable bonds is 9. The van der Waals surface area contributed by atoms with E-state index in [0.29, 0.717) is 5.75 Å². The van der Waals surface area contributed by atoms with Gasteiger partial charge < -0.3 is 5.11 Å². The minimum Gasteiger partial charge on any atom is -0.507 e. The first kappa shape index (κ1) is 19.6. The fourth-order valence-corrected chi connectivity index (χ4v) is 3.94. The Balaban J connectivity index is 2.91. The Bertz CT molecular complexity index is 740. The monoisotopic (exact) mass is 336 g/mol. The van der Waals surface area contributed by atoms with Gasteiger partial charge in [0.05, 0.1) is 0 Å². The summed E-state index contributed by atoms with van der Waals surface area (Å²) in [6.45, 7) is 17.4. The van der Waals surface area contributed by atoms with E-state index in [1.165, 1.54) is 11.1 Å². The molecular weight excluding hydrogens is 304 g/mol. The van der Waals surface area contributed by atoms with Gasteiger partial charge in [-0.05, 0) is 65.5 Å². The quantitative estimate of drug-likeness (QED) is 0.528. The van der Waals surface area contributed by atoms with Gasteiger partial charge in [-0.15, -0.1) is 0 Å². The molecule has 0 aromatic heterocycles. The fraction of sp³-hybridized carbons (Fsp3) is 0.500. The molecular formula is C24H32O. The molecule has 0 aliphatic heterocycles. The molecule has 0 saturated heterocycles. The molecule has 1 heteroatoms. The van der Waals surface area contributed by atoms with E-state index in [9.17, 15) is 5.11 Å². The van der Waals surface area contributed by atoms with Gasteiger partial charge >= 0.3 is 0 Å². The predicted molar refractivity (Wildman–Crippen MR) is 109 cm³/mol. The third kappa shape index (κ3) is 3.92. The Morgan fingerprint density at radius 3 is 2.12 bits per heavy atom. The second-order valence-electron chi connectivity index (χ2n) is 7.00. The lowest BCUT2D eigenvalue weighted by molar-refractivity contribution is 0.472. The lowest BCUT2D eigenvalue weighted by Gasteiger charge is -2.22. The van der Waals surface area contributed by atoms with Crippen molar-refractivity contribution in [3.8, 4) is 5.75 Å². The van der Waals surface area contributed by atoms with Crippen molar-refractivity contribution in [1.29, 1.82) is 0 Å². The summed E-state index contributed by atoms with van der Waals surface area (Å²) in [6.07, 6.45) is 7.63. The van der Waals surface area contributed by atoms with E-state index in [0.717, 1.165) is 78.8 Å². The minimum atomic E-state index is 0.470. The first-order valence-electron chi connectivity index (χ1n) is 9.96. The summed E-state index contributed by atoms with van der Waals surface area (Å²) < 4.78 is 0. The summed E-state index contributed by atoms with van der Waals surface area (Å²) in [5.74, 6) is 0.470. The van der Waals surface area contributed by atoms with Crippen molar-refractivity contribution in [3.05, 3.63) is 47.0 Å². The van der Waals surface area contributed by atoms with E-state index in [1.807, 2.05) is 0 Å². The van der Waals surface area contributed by atoms with E-state index in [1.54, 1.807) is 0 Å². The van der Waals surface area contributed by atoms with Crippen molar-refractivity contribution in [2.45, 2.75) is 79.1 Å². The van der Waals surface area contributed by atoms with Crippen LogP contribution in [0.25, 0.3) is 16.3 Å². The van der Waals surface area contributed by atoms with E-state index in [-0.39, 0.29) is 0 Å². The van der Waals surface area contributed by atoms with Crippen LogP contribution in [-0.4, -0.2) is 5.11 Å². The van der Waals surface area contributed by atoms with E-state index < -0.39 is 0 Å². The van der Waals surface area contributed by atoms with Crippen LogP contribution in [0.3, 0.4) is 0 Å². The molecule has 0 aliphatic rings. The Morgan fingerprint density at radius 1 is 0.880 bits per heavy atom. The number of phenols is 1. The number of fused-ring (bicyclic) bond motifs is 1. The molecule has 25 heavy (non-hydrogen) atoms. The maximum absolute atomic E-state index is 11.2. The molecule has 2 aromatic rings. The Morgan fingerprint density at radius 2 is 1.52 bits per heavy atom. The summed E-state index contributed by atoms with van der Waals surface area (Å²) in [6, 6.07) is 6.32. The fourth-order valence-electron chi connectivity index (χ4n) is 3.94. The molecule has 2 rings (SSSR count). The zero-order valence-corrected chi connectivity index (χ0v) is 16.3. The van der Waals surface area contributed by atoms with Gasteiger partial charge in [0.25, 0.3) is 0 Å². The van der Waals surface area contributed by atoms with Crippen molar-refractivity contribution in [1.82, 2.24) is 0 Å². The average molecular weight is 337 g/mol. The largest absolute Gasteiger partial charge is 0.507 e. The molecule has 0 aliphatic carbocycles. The highest BCUT2D eigenvalue weighted by Gasteiger charge is 2.21. The van der Waals surface area contributed by atoms with Gasteiger partial charge in [-0.1, -0.05) is 71.6 Å². The highest BCUT2D eigenvalue weighted by molar-refractivity contribution is 6.01. The molecule has 0 heterocycles. The molecule has 0 atom stereocenters. The van der Waals surface area contributed by atoms with Crippen LogP contribution in [0.15, 0.2) is 18.2 Å². The van der Waals surface area contributed by atoms with Gasteiger partial charge in [0.15, 0.2) is 0 Å². The number of aryl methyl sites for hydroxylation is 1.